The molecule has 0 aromatic heterocycles. The van der Waals surface area contributed by atoms with E-state index >= 15 is 0 Å². The van der Waals surface area contributed by atoms with Crippen molar-refractivity contribution in [3.63, 3.8) is 0 Å². The van der Waals surface area contributed by atoms with Gasteiger partial charge in [-0.25, -0.2) is 0 Å². The van der Waals surface area contributed by atoms with Crippen molar-refractivity contribution in [3.05, 3.63) is 59.7 Å². The number of benzene rings is 2. The Labute approximate surface area is 125 Å². The number of hydrogen-bond donors (Lipinski definition) is 2. The highest BCUT2D eigenvalue weighted by molar-refractivity contribution is 5.35. The summed E-state index contributed by atoms with van der Waals surface area (Å²) in [5.74, 6) is 1.41. The molecule has 1 unspecified atom stereocenters. The molecule has 0 aliphatic rings. The summed E-state index contributed by atoms with van der Waals surface area (Å²) < 4.78 is 10.9. The van der Waals surface area contributed by atoms with Crippen molar-refractivity contribution in [2.45, 2.75) is 19.1 Å². The lowest BCUT2D eigenvalue weighted by atomic mass is 10.1. The summed E-state index contributed by atoms with van der Waals surface area (Å²) in [7, 11) is 1.60. The van der Waals surface area contributed by atoms with Crippen LogP contribution in [0.3, 0.4) is 0 Å². The van der Waals surface area contributed by atoms with Crippen LogP contribution in [0.1, 0.15) is 30.2 Å². The lowest BCUT2D eigenvalue weighted by molar-refractivity contribution is 0.107. The summed E-state index contributed by atoms with van der Waals surface area (Å²) in [6.45, 7) is 2.07. The first kappa shape index (κ1) is 15.4. The van der Waals surface area contributed by atoms with E-state index in [4.69, 9.17) is 15.2 Å². The first-order valence-corrected chi connectivity index (χ1v) is 6.91. The molecular weight excluding hydrogens is 266 g/mol. The second-order valence-corrected chi connectivity index (χ2v) is 4.93. The van der Waals surface area contributed by atoms with E-state index in [2.05, 4.69) is 0 Å². The van der Waals surface area contributed by atoms with Gasteiger partial charge in [0.25, 0.3) is 0 Å². The quantitative estimate of drug-likeness (QED) is 0.857. The summed E-state index contributed by atoms with van der Waals surface area (Å²) in [6, 6.07) is 14.8. The molecule has 21 heavy (non-hydrogen) atoms. The Hall–Kier alpha value is -2.04. The minimum Gasteiger partial charge on any atom is -0.497 e. The highest BCUT2D eigenvalue weighted by atomic mass is 16.5. The molecule has 0 aliphatic heterocycles. The molecule has 0 spiro atoms. The van der Waals surface area contributed by atoms with Gasteiger partial charge in [-0.2, -0.15) is 0 Å². The van der Waals surface area contributed by atoms with Crippen LogP contribution < -0.4 is 15.2 Å². The Kier molecular flexibility index (Phi) is 5.20. The number of aliphatic hydroxyl groups is 1. The maximum absolute atomic E-state index is 10.2. The van der Waals surface area contributed by atoms with Crippen molar-refractivity contribution in [1.29, 1.82) is 0 Å². The molecule has 2 aromatic carbocycles. The number of nitrogens with two attached hydrogens (primary N) is 1. The molecule has 3 N–H and O–H groups in total. The number of aliphatic hydroxyl groups excluding tert-OH is 1. The Morgan fingerprint density at radius 3 is 2.62 bits per heavy atom. The smallest absolute Gasteiger partial charge is 0.124 e. The Balaban J connectivity index is 2.05. The van der Waals surface area contributed by atoms with Gasteiger partial charge in [0.15, 0.2) is 0 Å². The molecular formula is C17H21NO3. The molecule has 0 fully saturated rings. The van der Waals surface area contributed by atoms with E-state index in [0.717, 1.165) is 11.1 Å². The fraction of sp³-hybridized carbons (Fsp3) is 0.294. The van der Waals surface area contributed by atoms with Crippen LogP contribution in [0.25, 0.3) is 0 Å². The van der Waals surface area contributed by atoms with Gasteiger partial charge in [0.05, 0.1) is 7.11 Å². The lowest BCUT2D eigenvalue weighted by Crippen LogP contribution is -2.13. The molecule has 0 amide bonds. The molecule has 2 rings (SSSR count). The number of hydrogen-bond acceptors (Lipinski definition) is 4. The van der Waals surface area contributed by atoms with Gasteiger partial charge >= 0.3 is 0 Å². The van der Waals surface area contributed by atoms with Crippen molar-refractivity contribution < 1.29 is 14.6 Å². The molecule has 0 heterocycles. The van der Waals surface area contributed by atoms with Crippen LogP contribution in [-0.4, -0.2) is 18.8 Å². The Morgan fingerprint density at radius 2 is 1.90 bits per heavy atom. The van der Waals surface area contributed by atoms with Gasteiger partial charge in [-0.15, -0.1) is 0 Å². The van der Waals surface area contributed by atoms with Crippen LogP contribution in [0.5, 0.6) is 11.5 Å². The normalized spacial score (nSPS) is 13.5. The molecule has 0 radical (unpaired) electrons. The van der Waals surface area contributed by atoms with Crippen LogP contribution in [0.4, 0.5) is 0 Å². The molecule has 0 bridgehead atoms. The summed E-state index contributed by atoms with van der Waals surface area (Å²) >= 11 is 0. The van der Waals surface area contributed by atoms with Crippen molar-refractivity contribution in [2.24, 2.45) is 5.73 Å². The van der Waals surface area contributed by atoms with E-state index in [0.29, 0.717) is 11.5 Å². The monoisotopic (exact) mass is 287 g/mol. The fourth-order valence-corrected chi connectivity index (χ4v) is 2.10. The Bertz CT molecular complexity index is 584. The molecule has 0 saturated carbocycles. The van der Waals surface area contributed by atoms with E-state index < -0.39 is 6.10 Å². The minimum atomic E-state index is -0.721. The standard InChI is InChI=1S/C17H21NO3/c1-12(18)15-8-3-4-9-17(15)21-11-16(19)13-6-5-7-14(10-13)20-2/h3-10,12,16,19H,11,18H2,1-2H3/t12-,16?/m1/s1. The summed E-state index contributed by atoms with van der Waals surface area (Å²) in [5.41, 5.74) is 7.59. The predicted molar refractivity (Wildman–Crippen MR) is 82.5 cm³/mol. The van der Waals surface area contributed by atoms with Crippen molar-refractivity contribution in [1.82, 2.24) is 0 Å². The largest absolute Gasteiger partial charge is 0.497 e. The molecule has 112 valence electrons. The lowest BCUT2D eigenvalue weighted by Gasteiger charge is -2.17. The third-order valence-corrected chi connectivity index (χ3v) is 3.28. The second-order valence-electron chi connectivity index (χ2n) is 4.93. The van der Waals surface area contributed by atoms with Crippen molar-refractivity contribution in [2.75, 3.05) is 13.7 Å². The first-order valence-electron chi connectivity index (χ1n) is 6.91. The zero-order chi connectivity index (χ0) is 15.2. The number of para-hydroxylation sites is 1. The van der Waals surface area contributed by atoms with Crippen LogP contribution in [0.2, 0.25) is 0 Å². The average molecular weight is 287 g/mol. The molecule has 0 saturated heterocycles. The van der Waals surface area contributed by atoms with Gasteiger partial charge in [0.2, 0.25) is 0 Å². The van der Waals surface area contributed by atoms with E-state index in [1.165, 1.54) is 0 Å². The molecule has 4 nitrogen and oxygen atoms in total. The topological polar surface area (TPSA) is 64.7 Å². The van der Waals surface area contributed by atoms with E-state index in [1.54, 1.807) is 13.2 Å². The third kappa shape index (κ3) is 3.97. The summed E-state index contributed by atoms with van der Waals surface area (Å²) in [6.07, 6.45) is -0.721. The maximum atomic E-state index is 10.2. The third-order valence-electron chi connectivity index (χ3n) is 3.28. The van der Waals surface area contributed by atoms with E-state index in [-0.39, 0.29) is 12.6 Å². The van der Waals surface area contributed by atoms with Crippen LogP contribution in [-0.2, 0) is 0 Å². The zero-order valence-electron chi connectivity index (χ0n) is 12.3. The number of ether oxygens (including phenoxy) is 2. The minimum absolute atomic E-state index is 0.116. The SMILES string of the molecule is COc1cccc(C(O)COc2ccccc2[C@@H](C)N)c1. The number of methoxy groups -OCH3 is 1. The van der Waals surface area contributed by atoms with Gasteiger partial charge < -0.3 is 20.3 Å². The van der Waals surface area contributed by atoms with Crippen LogP contribution >= 0.6 is 0 Å². The first-order chi connectivity index (χ1) is 10.1. The van der Waals surface area contributed by atoms with Crippen LogP contribution in [0.15, 0.2) is 48.5 Å². The summed E-state index contributed by atoms with van der Waals surface area (Å²) in [4.78, 5) is 0. The summed E-state index contributed by atoms with van der Waals surface area (Å²) in [5, 5.41) is 10.2. The zero-order valence-corrected chi connectivity index (χ0v) is 12.3. The average Bonchev–Trinajstić information content (AvgIpc) is 2.52. The van der Waals surface area contributed by atoms with Gasteiger partial charge in [-0.05, 0) is 30.7 Å². The molecule has 4 heteroatoms. The highest BCUT2D eigenvalue weighted by Crippen LogP contribution is 2.25. The Morgan fingerprint density at radius 1 is 1.14 bits per heavy atom. The van der Waals surface area contributed by atoms with Gasteiger partial charge in [0, 0.05) is 11.6 Å². The van der Waals surface area contributed by atoms with Gasteiger partial charge in [-0.1, -0.05) is 30.3 Å². The predicted octanol–water partition coefficient (Wildman–Crippen LogP) is 2.83. The molecule has 0 aliphatic carbocycles. The van der Waals surface area contributed by atoms with Crippen LogP contribution in [0, 0.1) is 0 Å². The number of rotatable bonds is 6. The molecule has 2 aromatic rings. The molecule has 2 atom stereocenters. The van der Waals surface area contributed by atoms with Gasteiger partial charge in [-0.3, -0.25) is 0 Å². The maximum Gasteiger partial charge on any atom is 0.124 e. The highest BCUT2D eigenvalue weighted by Gasteiger charge is 2.12. The van der Waals surface area contributed by atoms with E-state index in [9.17, 15) is 5.11 Å². The second kappa shape index (κ2) is 7.11. The fourth-order valence-electron chi connectivity index (χ4n) is 2.10. The van der Waals surface area contributed by atoms with Crippen molar-refractivity contribution >= 4 is 0 Å². The van der Waals surface area contributed by atoms with Gasteiger partial charge in [0.1, 0.15) is 24.2 Å². The van der Waals surface area contributed by atoms with E-state index in [1.807, 2.05) is 49.4 Å². The van der Waals surface area contributed by atoms with Crippen molar-refractivity contribution in [3.8, 4) is 11.5 Å².